The topological polar surface area (TPSA) is 84.0 Å². The molecule has 1 aromatic heterocycles. The summed E-state index contributed by atoms with van der Waals surface area (Å²) < 4.78 is 26.1. The third-order valence-corrected chi connectivity index (χ3v) is 4.21. The molecule has 0 atom stereocenters. The first-order chi connectivity index (χ1) is 9.53. The number of benzene rings is 1. The highest BCUT2D eigenvalue weighted by molar-refractivity contribution is 7.89. The normalized spacial score (nSPS) is 11.3. The van der Waals surface area contributed by atoms with Gasteiger partial charge in [-0.3, -0.25) is 9.97 Å². The lowest BCUT2D eigenvalue weighted by atomic mass is 10.3. The van der Waals surface area contributed by atoms with Gasteiger partial charge in [0.25, 0.3) is 0 Å². The van der Waals surface area contributed by atoms with Gasteiger partial charge in [-0.2, -0.15) is 0 Å². The molecule has 0 bridgehead atoms. The van der Waals surface area contributed by atoms with Crippen molar-refractivity contribution >= 4 is 15.7 Å². The smallest absolute Gasteiger partial charge is 0.242 e. The number of para-hydroxylation sites is 1. The summed E-state index contributed by atoms with van der Waals surface area (Å²) in [6.07, 6.45) is 3.34. The molecule has 0 spiro atoms. The van der Waals surface area contributed by atoms with Crippen molar-refractivity contribution in [1.82, 2.24) is 14.7 Å². The third kappa shape index (κ3) is 3.31. The minimum Gasteiger partial charge on any atom is -0.378 e. The Morgan fingerprint density at radius 2 is 1.90 bits per heavy atom. The van der Waals surface area contributed by atoms with Crippen molar-refractivity contribution < 1.29 is 8.42 Å². The van der Waals surface area contributed by atoms with E-state index in [9.17, 15) is 8.42 Å². The van der Waals surface area contributed by atoms with Crippen LogP contribution < -0.4 is 10.0 Å². The second-order valence-corrected chi connectivity index (χ2v) is 6.06. The fraction of sp³-hybridized carbons (Fsp3) is 0.231. The quantitative estimate of drug-likeness (QED) is 0.868. The molecule has 0 saturated carbocycles. The molecule has 0 radical (unpaired) electrons. The minimum atomic E-state index is -3.49. The van der Waals surface area contributed by atoms with Crippen LogP contribution in [-0.4, -0.2) is 25.4 Å². The number of nitrogens with zero attached hydrogens (tertiary/aromatic N) is 2. The van der Waals surface area contributed by atoms with E-state index in [1.54, 1.807) is 36.7 Å². The summed E-state index contributed by atoms with van der Waals surface area (Å²) in [5.41, 5.74) is 2.11. The first kappa shape index (κ1) is 14.4. The fourth-order valence-corrected chi connectivity index (χ4v) is 2.56. The molecule has 0 saturated heterocycles. The van der Waals surface area contributed by atoms with Crippen molar-refractivity contribution in [3.63, 3.8) is 0 Å². The number of hydrogen-bond donors (Lipinski definition) is 2. The fourth-order valence-electron chi connectivity index (χ4n) is 1.65. The van der Waals surface area contributed by atoms with Crippen LogP contribution >= 0.6 is 0 Å². The number of sulfonamides is 1. The van der Waals surface area contributed by atoms with E-state index in [0.717, 1.165) is 11.4 Å². The lowest BCUT2D eigenvalue weighted by Gasteiger charge is -2.11. The molecule has 20 heavy (non-hydrogen) atoms. The van der Waals surface area contributed by atoms with E-state index < -0.39 is 10.0 Å². The van der Waals surface area contributed by atoms with Crippen LogP contribution in [0.15, 0.2) is 41.6 Å². The zero-order valence-electron chi connectivity index (χ0n) is 11.3. The van der Waals surface area contributed by atoms with Crippen LogP contribution in [0.25, 0.3) is 0 Å². The van der Waals surface area contributed by atoms with Crippen LogP contribution in [0.1, 0.15) is 11.4 Å². The van der Waals surface area contributed by atoms with Crippen molar-refractivity contribution in [3.05, 3.63) is 48.0 Å². The van der Waals surface area contributed by atoms with Crippen LogP contribution in [0.4, 0.5) is 5.69 Å². The maximum Gasteiger partial charge on any atom is 0.242 e. The van der Waals surface area contributed by atoms with Gasteiger partial charge in [0.15, 0.2) is 0 Å². The maximum atomic E-state index is 11.9. The van der Waals surface area contributed by atoms with Crippen LogP contribution in [0.2, 0.25) is 0 Å². The van der Waals surface area contributed by atoms with Crippen LogP contribution in [0, 0.1) is 6.92 Å². The second kappa shape index (κ2) is 5.98. The molecule has 1 aromatic carbocycles. The van der Waals surface area contributed by atoms with Gasteiger partial charge in [-0.1, -0.05) is 12.1 Å². The molecule has 2 aromatic rings. The van der Waals surface area contributed by atoms with E-state index in [-0.39, 0.29) is 4.90 Å². The molecule has 0 amide bonds. The van der Waals surface area contributed by atoms with Crippen molar-refractivity contribution in [1.29, 1.82) is 0 Å². The number of aromatic nitrogens is 2. The van der Waals surface area contributed by atoms with Gasteiger partial charge < -0.3 is 5.32 Å². The molecule has 2 rings (SSSR count). The third-order valence-electron chi connectivity index (χ3n) is 2.74. The molecule has 0 aliphatic heterocycles. The van der Waals surface area contributed by atoms with Gasteiger partial charge in [0.1, 0.15) is 4.90 Å². The maximum absolute atomic E-state index is 11.9. The molecule has 0 unspecified atom stereocenters. The molecule has 2 N–H and O–H groups in total. The molecule has 0 aliphatic carbocycles. The number of aryl methyl sites for hydroxylation is 1. The summed E-state index contributed by atoms with van der Waals surface area (Å²) in [5.74, 6) is 0. The molecule has 7 heteroatoms. The van der Waals surface area contributed by atoms with E-state index in [4.69, 9.17) is 0 Å². The molecule has 0 aliphatic rings. The average Bonchev–Trinajstić information content (AvgIpc) is 2.47. The largest absolute Gasteiger partial charge is 0.378 e. The van der Waals surface area contributed by atoms with Gasteiger partial charge >= 0.3 is 0 Å². The van der Waals surface area contributed by atoms with E-state index in [1.165, 1.54) is 7.05 Å². The van der Waals surface area contributed by atoms with Crippen molar-refractivity contribution in [2.24, 2.45) is 0 Å². The summed E-state index contributed by atoms with van der Waals surface area (Å²) in [7, 11) is -2.10. The Kier molecular flexibility index (Phi) is 4.31. The highest BCUT2D eigenvalue weighted by Crippen LogP contribution is 2.20. The van der Waals surface area contributed by atoms with Crippen molar-refractivity contribution in [2.75, 3.05) is 12.4 Å². The summed E-state index contributed by atoms with van der Waals surface area (Å²) >= 11 is 0. The summed E-state index contributed by atoms with van der Waals surface area (Å²) in [6.45, 7) is 2.27. The van der Waals surface area contributed by atoms with E-state index in [1.807, 2.05) is 6.92 Å². The Bertz CT molecular complexity index is 684. The lowest BCUT2D eigenvalue weighted by Crippen LogP contribution is -2.20. The van der Waals surface area contributed by atoms with Crippen molar-refractivity contribution in [3.8, 4) is 0 Å². The van der Waals surface area contributed by atoms with Gasteiger partial charge in [-0.15, -0.1) is 0 Å². The van der Waals surface area contributed by atoms with Crippen LogP contribution in [0.3, 0.4) is 0 Å². The molecular formula is C13H16N4O2S. The summed E-state index contributed by atoms with van der Waals surface area (Å²) in [5, 5.41) is 3.07. The predicted molar refractivity (Wildman–Crippen MR) is 76.8 cm³/mol. The molecular weight excluding hydrogens is 276 g/mol. The highest BCUT2D eigenvalue weighted by atomic mass is 32.2. The Morgan fingerprint density at radius 1 is 1.15 bits per heavy atom. The zero-order chi connectivity index (χ0) is 14.6. The van der Waals surface area contributed by atoms with Gasteiger partial charge in [-0.05, 0) is 26.1 Å². The van der Waals surface area contributed by atoms with Crippen LogP contribution in [0.5, 0.6) is 0 Å². The Labute approximate surface area is 118 Å². The zero-order valence-corrected chi connectivity index (χ0v) is 12.1. The monoisotopic (exact) mass is 292 g/mol. The molecule has 1 heterocycles. The number of nitrogens with one attached hydrogen (secondary N) is 2. The second-order valence-electron chi connectivity index (χ2n) is 4.21. The summed E-state index contributed by atoms with van der Waals surface area (Å²) in [4.78, 5) is 8.57. The Balaban J connectivity index is 2.20. The van der Waals surface area contributed by atoms with Gasteiger partial charge in [0.2, 0.25) is 10.0 Å². The Hall–Kier alpha value is -1.99. The van der Waals surface area contributed by atoms with Crippen molar-refractivity contribution in [2.45, 2.75) is 18.4 Å². The van der Waals surface area contributed by atoms with E-state index in [2.05, 4.69) is 20.0 Å². The average molecular weight is 292 g/mol. The summed E-state index contributed by atoms with van der Waals surface area (Å²) in [6, 6.07) is 6.72. The Morgan fingerprint density at radius 3 is 2.55 bits per heavy atom. The number of rotatable bonds is 5. The number of anilines is 1. The molecule has 106 valence electrons. The minimum absolute atomic E-state index is 0.211. The lowest BCUT2D eigenvalue weighted by molar-refractivity contribution is 0.588. The van der Waals surface area contributed by atoms with Crippen LogP contribution in [-0.2, 0) is 16.6 Å². The van der Waals surface area contributed by atoms with Gasteiger partial charge in [-0.25, -0.2) is 13.1 Å². The molecule has 0 fully saturated rings. The van der Waals surface area contributed by atoms with Gasteiger partial charge in [0, 0.05) is 6.20 Å². The standard InChI is InChI=1S/C13H16N4O2S/c1-10-7-16-11(8-15-10)9-17-12-5-3-4-6-13(12)20(18,19)14-2/h3-8,14,17H,9H2,1-2H3. The van der Waals surface area contributed by atoms with E-state index in [0.29, 0.717) is 12.2 Å². The number of hydrogen-bond acceptors (Lipinski definition) is 5. The van der Waals surface area contributed by atoms with E-state index >= 15 is 0 Å². The highest BCUT2D eigenvalue weighted by Gasteiger charge is 2.15. The molecule has 6 nitrogen and oxygen atoms in total. The predicted octanol–water partition coefficient (Wildman–Crippen LogP) is 1.31. The SMILES string of the molecule is CNS(=O)(=O)c1ccccc1NCc1cnc(C)cn1. The first-order valence-electron chi connectivity index (χ1n) is 6.07. The van der Waals surface area contributed by atoms with Gasteiger partial charge in [0.05, 0.1) is 29.8 Å². The first-order valence-corrected chi connectivity index (χ1v) is 7.55.